The number of benzene rings is 1. The Morgan fingerprint density at radius 1 is 1.28 bits per heavy atom. The van der Waals surface area contributed by atoms with E-state index in [4.69, 9.17) is 4.84 Å². The van der Waals surface area contributed by atoms with Crippen molar-refractivity contribution in [3.05, 3.63) is 35.9 Å². The van der Waals surface area contributed by atoms with Crippen LogP contribution < -0.4 is 0 Å². The second-order valence-corrected chi connectivity index (χ2v) is 7.20. The Morgan fingerprint density at radius 2 is 2.00 bits per heavy atom. The molecule has 0 bridgehead atoms. The van der Waals surface area contributed by atoms with Crippen LogP contribution in [0.4, 0.5) is 0 Å². The molecule has 5 heteroatoms. The Hall–Kier alpha value is -1.88. The summed E-state index contributed by atoms with van der Waals surface area (Å²) in [6.45, 7) is 5.67. The highest BCUT2D eigenvalue weighted by molar-refractivity contribution is 5.85. The fourth-order valence-electron chi connectivity index (χ4n) is 3.69. The number of hydrogen-bond acceptors (Lipinski definition) is 4. The number of nitrogens with zero attached hydrogens (tertiary/aromatic N) is 3. The molecule has 0 spiro atoms. The predicted octanol–water partition coefficient (Wildman–Crippen LogP) is 2.91. The van der Waals surface area contributed by atoms with Crippen LogP contribution >= 0.6 is 0 Å². The molecule has 25 heavy (non-hydrogen) atoms. The zero-order valence-electron chi connectivity index (χ0n) is 15.4. The van der Waals surface area contributed by atoms with E-state index in [-0.39, 0.29) is 17.9 Å². The van der Waals surface area contributed by atoms with Gasteiger partial charge in [-0.05, 0) is 37.9 Å². The molecule has 1 saturated heterocycles. The zero-order chi connectivity index (χ0) is 17.6. The summed E-state index contributed by atoms with van der Waals surface area (Å²) in [7, 11) is 1.91. The highest BCUT2D eigenvalue weighted by atomic mass is 16.6. The SMILES string of the molecule is CCC1=NOC(CN2CCC(C(=O)N(C)Cc3ccccc3)CC2)C1. The topological polar surface area (TPSA) is 45.1 Å². The summed E-state index contributed by atoms with van der Waals surface area (Å²) >= 11 is 0. The van der Waals surface area contributed by atoms with Crippen molar-refractivity contribution in [1.29, 1.82) is 0 Å². The molecule has 1 fully saturated rings. The van der Waals surface area contributed by atoms with E-state index in [0.717, 1.165) is 51.0 Å². The number of piperidine rings is 1. The highest BCUT2D eigenvalue weighted by Gasteiger charge is 2.29. The molecule has 3 rings (SSSR count). The molecule has 0 aliphatic carbocycles. The third-order valence-electron chi connectivity index (χ3n) is 5.24. The first kappa shape index (κ1) is 17.9. The normalized spacial score (nSPS) is 21.7. The first-order chi connectivity index (χ1) is 12.2. The second kappa shape index (κ2) is 8.48. The molecule has 0 radical (unpaired) electrons. The number of hydrogen-bond donors (Lipinski definition) is 0. The van der Waals surface area contributed by atoms with Gasteiger partial charge < -0.3 is 9.74 Å². The Morgan fingerprint density at radius 3 is 2.64 bits per heavy atom. The Bertz CT molecular complexity index is 594. The maximum absolute atomic E-state index is 12.7. The highest BCUT2D eigenvalue weighted by Crippen LogP contribution is 2.22. The van der Waals surface area contributed by atoms with Gasteiger partial charge in [0.05, 0.1) is 5.71 Å². The monoisotopic (exact) mass is 343 g/mol. The van der Waals surface area contributed by atoms with Crippen LogP contribution in [-0.4, -0.2) is 54.2 Å². The maximum Gasteiger partial charge on any atom is 0.225 e. The Kier molecular flexibility index (Phi) is 6.08. The predicted molar refractivity (Wildman–Crippen MR) is 99.3 cm³/mol. The lowest BCUT2D eigenvalue weighted by Gasteiger charge is -2.34. The van der Waals surface area contributed by atoms with Crippen molar-refractivity contribution in [1.82, 2.24) is 9.80 Å². The van der Waals surface area contributed by atoms with E-state index in [0.29, 0.717) is 6.54 Å². The molecule has 1 unspecified atom stereocenters. The standard InChI is InChI=1S/C20H29N3O2/c1-3-18-13-19(25-21-18)15-23-11-9-17(10-12-23)20(24)22(2)14-16-7-5-4-6-8-16/h4-8,17,19H,3,9-15H2,1-2H3. The molecule has 1 atom stereocenters. The summed E-state index contributed by atoms with van der Waals surface area (Å²) in [6.07, 6.45) is 4.00. The Labute approximate surface area is 150 Å². The van der Waals surface area contributed by atoms with Gasteiger partial charge >= 0.3 is 0 Å². The minimum Gasteiger partial charge on any atom is -0.391 e. The van der Waals surface area contributed by atoms with E-state index >= 15 is 0 Å². The van der Waals surface area contributed by atoms with Gasteiger partial charge in [-0.15, -0.1) is 0 Å². The van der Waals surface area contributed by atoms with Crippen LogP contribution in [0.2, 0.25) is 0 Å². The number of rotatable bonds is 6. The number of oxime groups is 1. The second-order valence-electron chi connectivity index (χ2n) is 7.20. The third-order valence-corrected chi connectivity index (χ3v) is 5.24. The van der Waals surface area contributed by atoms with Crippen molar-refractivity contribution in [3.63, 3.8) is 0 Å². The summed E-state index contributed by atoms with van der Waals surface area (Å²) in [4.78, 5) is 22.5. The van der Waals surface area contributed by atoms with Gasteiger partial charge in [0.15, 0.2) is 0 Å². The average molecular weight is 343 g/mol. The summed E-state index contributed by atoms with van der Waals surface area (Å²) < 4.78 is 0. The molecule has 136 valence electrons. The third kappa shape index (κ3) is 4.82. The number of likely N-dealkylation sites (tertiary alicyclic amines) is 1. The van der Waals surface area contributed by atoms with Crippen molar-refractivity contribution in [2.45, 2.75) is 45.3 Å². The van der Waals surface area contributed by atoms with Crippen molar-refractivity contribution in [2.75, 3.05) is 26.7 Å². The van der Waals surface area contributed by atoms with Crippen LogP contribution in [-0.2, 0) is 16.2 Å². The molecule has 1 aromatic carbocycles. The average Bonchev–Trinajstić information content (AvgIpc) is 3.10. The Balaban J connectivity index is 1.41. The largest absolute Gasteiger partial charge is 0.391 e. The molecular weight excluding hydrogens is 314 g/mol. The van der Waals surface area contributed by atoms with Gasteiger partial charge in [0.2, 0.25) is 5.91 Å². The van der Waals surface area contributed by atoms with Crippen LogP contribution in [0.25, 0.3) is 0 Å². The first-order valence-electron chi connectivity index (χ1n) is 9.38. The van der Waals surface area contributed by atoms with Gasteiger partial charge in [0, 0.05) is 32.5 Å². The first-order valence-corrected chi connectivity index (χ1v) is 9.38. The fraction of sp³-hybridized carbons (Fsp3) is 0.600. The van der Waals surface area contributed by atoms with E-state index in [1.54, 1.807) is 0 Å². The molecule has 2 heterocycles. The summed E-state index contributed by atoms with van der Waals surface area (Å²) in [6, 6.07) is 10.2. The lowest BCUT2D eigenvalue weighted by Crippen LogP contribution is -2.43. The lowest BCUT2D eigenvalue weighted by molar-refractivity contribution is -0.136. The molecule has 0 saturated carbocycles. The molecule has 0 N–H and O–H groups in total. The van der Waals surface area contributed by atoms with Crippen LogP contribution in [0.5, 0.6) is 0 Å². The van der Waals surface area contributed by atoms with Crippen molar-refractivity contribution < 1.29 is 9.63 Å². The number of carbonyl (C=O) groups excluding carboxylic acids is 1. The molecule has 1 amide bonds. The van der Waals surface area contributed by atoms with E-state index in [2.05, 4.69) is 29.1 Å². The van der Waals surface area contributed by atoms with Crippen LogP contribution in [0.1, 0.15) is 38.2 Å². The minimum atomic E-state index is 0.150. The quantitative estimate of drug-likeness (QED) is 0.798. The minimum absolute atomic E-state index is 0.150. The summed E-state index contributed by atoms with van der Waals surface area (Å²) in [5.41, 5.74) is 2.35. The number of amides is 1. The summed E-state index contributed by atoms with van der Waals surface area (Å²) in [5.74, 6) is 0.425. The van der Waals surface area contributed by atoms with Crippen molar-refractivity contribution >= 4 is 11.6 Å². The van der Waals surface area contributed by atoms with Gasteiger partial charge in [-0.3, -0.25) is 9.69 Å². The van der Waals surface area contributed by atoms with E-state index in [9.17, 15) is 4.79 Å². The van der Waals surface area contributed by atoms with Crippen LogP contribution in [0, 0.1) is 5.92 Å². The van der Waals surface area contributed by atoms with Crippen LogP contribution in [0.3, 0.4) is 0 Å². The zero-order valence-corrected chi connectivity index (χ0v) is 15.4. The molecular formula is C20H29N3O2. The van der Waals surface area contributed by atoms with Gasteiger partial charge in [-0.2, -0.15) is 0 Å². The molecule has 5 nitrogen and oxygen atoms in total. The molecule has 0 aromatic heterocycles. The van der Waals surface area contributed by atoms with Gasteiger partial charge in [-0.25, -0.2) is 0 Å². The van der Waals surface area contributed by atoms with Gasteiger partial charge in [-0.1, -0.05) is 42.4 Å². The summed E-state index contributed by atoms with van der Waals surface area (Å²) in [5, 5.41) is 4.14. The van der Waals surface area contributed by atoms with E-state index in [1.807, 2.05) is 30.1 Å². The molecule has 2 aliphatic heterocycles. The fourth-order valence-corrected chi connectivity index (χ4v) is 3.69. The van der Waals surface area contributed by atoms with E-state index in [1.165, 1.54) is 5.56 Å². The van der Waals surface area contributed by atoms with E-state index < -0.39 is 0 Å². The maximum atomic E-state index is 12.7. The molecule has 1 aromatic rings. The molecule has 2 aliphatic rings. The van der Waals surface area contributed by atoms with Gasteiger partial charge in [0.1, 0.15) is 6.10 Å². The van der Waals surface area contributed by atoms with Crippen LogP contribution in [0.15, 0.2) is 35.5 Å². The van der Waals surface area contributed by atoms with Crippen molar-refractivity contribution in [3.8, 4) is 0 Å². The number of carbonyl (C=O) groups is 1. The van der Waals surface area contributed by atoms with Crippen molar-refractivity contribution in [2.24, 2.45) is 11.1 Å². The smallest absolute Gasteiger partial charge is 0.225 e. The van der Waals surface area contributed by atoms with Gasteiger partial charge in [0.25, 0.3) is 0 Å². The lowest BCUT2D eigenvalue weighted by atomic mass is 9.94.